The molecule has 0 radical (unpaired) electrons. The summed E-state index contributed by atoms with van der Waals surface area (Å²) in [6, 6.07) is 0. The molecule has 1 N–H and O–H groups in total. The van der Waals surface area contributed by atoms with Crippen LogP contribution >= 0.6 is 0 Å². The zero-order valence-corrected chi connectivity index (χ0v) is 12.6. The summed E-state index contributed by atoms with van der Waals surface area (Å²) < 4.78 is 5.65. The van der Waals surface area contributed by atoms with E-state index in [-0.39, 0.29) is 17.9 Å². The van der Waals surface area contributed by atoms with Gasteiger partial charge >= 0.3 is 0 Å². The van der Waals surface area contributed by atoms with Crippen LogP contribution in [0.15, 0.2) is 0 Å². The molecule has 5 heteroatoms. The monoisotopic (exact) mass is 282 g/mol. The SMILES string of the molecule is CCC[C@@]1(C)C(=O)NCCN1C(=O)C[C@@H]1CCCCO1. The summed E-state index contributed by atoms with van der Waals surface area (Å²) in [4.78, 5) is 26.5. The molecule has 5 nitrogen and oxygen atoms in total. The van der Waals surface area contributed by atoms with Crippen molar-refractivity contribution in [2.75, 3.05) is 19.7 Å². The average Bonchev–Trinajstić information content (AvgIpc) is 2.43. The number of carbonyl (C=O) groups excluding carboxylic acids is 2. The van der Waals surface area contributed by atoms with Crippen molar-refractivity contribution in [3.63, 3.8) is 0 Å². The molecule has 0 saturated carbocycles. The maximum absolute atomic E-state index is 12.6. The first kappa shape index (κ1) is 15.3. The van der Waals surface area contributed by atoms with Crippen molar-refractivity contribution in [1.29, 1.82) is 0 Å². The normalized spacial score (nSPS) is 31.0. The molecule has 0 aromatic rings. The highest BCUT2D eigenvalue weighted by atomic mass is 16.5. The van der Waals surface area contributed by atoms with E-state index in [9.17, 15) is 9.59 Å². The van der Waals surface area contributed by atoms with Crippen molar-refractivity contribution in [3.8, 4) is 0 Å². The molecule has 2 aliphatic heterocycles. The summed E-state index contributed by atoms with van der Waals surface area (Å²) in [6.45, 7) is 5.83. The predicted molar refractivity (Wildman–Crippen MR) is 76.2 cm³/mol. The van der Waals surface area contributed by atoms with E-state index >= 15 is 0 Å². The van der Waals surface area contributed by atoms with Gasteiger partial charge in [-0.05, 0) is 32.6 Å². The Morgan fingerprint density at radius 1 is 1.50 bits per heavy atom. The number of carbonyl (C=O) groups is 2. The lowest BCUT2D eigenvalue weighted by Crippen LogP contribution is -2.65. The zero-order chi connectivity index (χ0) is 14.6. The van der Waals surface area contributed by atoms with Gasteiger partial charge in [0.15, 0.2) is 0 Å². The molecule has 2 fully saturated rings. The van der Waals surface area contributed by atoms with Gasteiger partial charge in [0.25, 0.3) is 0 Å². The van der Waals surface area contributed by atoms with Crippen molar-refractivity contribution in [2.24, 2.45) is 0 Å². The lowest BCUT2D eigenvalue weighted by Gasteiger charge is -2.44. The summed E-state index contributed by atoms with van der Waals surface area (Å²) in [7, 11) is 0. The van der Waals surface area contributed by atoms with Gasteiger partial charge in [0.1, 0.15) is 5.54 Å². The largest absolute Gasteiger partial charge is 0.378 e. The van der Waals surface area contributed by atoms with Crippen LogP contribution in [0.25, 0.3) is 0 Å². The molecule has 2 aliphatic rings. The zero-order valence-electron chi connectivity index (χ0n) is 12.6. The fraction of sp³-hybridized carbons (Fsp3) is 0.867. The standard InChI is InChI=1S/C15H26N2O3/c1-3-7-15(2)14(19)16-8-9-17(15)13(18)11-12-6-4-5-10-20-12/h12H,3-11H2,1-2H3,(H,16,19)/t12-,15-/m0/s1. The van der Waals surface area contributed by atoms with Gasteiger partial charge in [-0.15, -0.1) is 0 Å². The quantitative estimate of drug-likeness (QED) is 0.849. The molecule has 0 aliphatic carbocycles. The Morgan fingerprint density at radius 3 is 2.95 bits per heavy atom. The first-order valence-electron chi connectivity index (χ1n) is 7.78. The first-order valence-corrected chi connectivity index (χ1v) is 7.78. The summed E-state index contributed by atoms with van der Waals surface area (Å²) in [6.07, 6.45) is 5.20. The molecular weight excluding hydrogens is 256 g/mol. The Kier molecular flexibility index (Phi) is 5.02. The van der Waals surface area contributed by atoms with Crippen molar-refractivity contribution in [3.05, 3.63) is 0 Å². The molecule has 0 bridgehead atoms. The smallest absolute Gasteiger partial charge is 0.245 e. The second-order valence-corrected chi connectivity index (χ2v) is 6.02. The third-order valence-corrected chi connectivity index (χ3v) is 4.42. The van der Waals surface area contributed by atoms with E-state index < -0.39 is 5.54 Å². The van der Waals surface area contributed by atoms with Crippen LogP contribution in [-0.4, -0.2) is 48.1 Å². The van der Waals surface area contributed by atoms with E-state index in [2.05, 4.69) is 5.32 Å². The van der Waals surface area contributed by atoms with E-state index in [1.807, 2.05) is 13.8 Å². The second kappa shape index (κ2) is 6.57. The van der Waals surface area contributed by atoms with E-state index in [0.717, 1.165) is 32.3 Å². The molecule has 114 valence electrons. The minimum Gasteiger partial charge on any atom is -0.378 e. The number of nitrogens with zero attached hydrogens (tertiary/aromatic N) is 1. The maximum Gasteiger partial charge on any atom is 0.245 e. The minimum absolute atomic E-state index is 0.0245. The molecule has 2 heterocycles. The van der Waals surface area contributed by atoms with Crippen LogP contribution < -0.4 is 5.32 Å². The molecule has 2 rings (SSSR count). The van der Waals surface area contributed by atoms with E-state index in [0.29, 0.717) is 25.9 Å². The molecule has 0 spiro atoms. The van der Waals surface area contributed by atoms with Crippen molar-refractivity contribution >= 4 is 11.8 Å². The van der Waals surface area contributed by atoms with Crippen molar-refractivity contribution in [2.45, 2.75) is 64.0 Å². The van der Waals surface area contributed by atoms with Gasteiger partial charge in [0.05, 0.1) is 12.5 Å². The fourth-order valence-electron chi connectivity index (χ4n) is 3.25. The number of nitrogens with one attached hydrogen (secondary N) is 1. The van der Waals surface area contributed by atoms with E-state index in [1.165, 1.54) is 0 Å². The molecule has 2 amide bonds. The molecule has 2 atom stereocenters. The first-order chi connectivity index (χ1) is 9.58. The molecule has 2 saturated heterocycles. The van der Waals surface area contributed by atoms with Gasteiger partial charge < -0.3 is 15.0 Å². The van der Waals surface area contributed by atoms with Crippen LogP contribution in [0.2, 0.25) is 0 Å². The highest BCUT2D eigenvalue weighted by molar-refractivity contribution is 5.92. The Morgan fingerprint density at radius 2 is 2.30 bits per heavy atom. The number of ether oxygens (including phenoxy) is 1. The van der Waals surface area contributed by atoms with Crippen LogP contribution in [0.5, 0.6) is 0 Å². The number of piperazine rings is 1. The Hall–Kier alpha value is -1.10. The number of hydrogen-bond donors (Lipinski definition) is 1. The van der Waals surface area contributed by atoms with Gasteiger partial charge in [-0.25, -0.2) is 0 Å². The Balaban J connectivity index is 2.03. The van der Waals surface area contributed by atoms with Gasteiger partial charge in [0.2, 0.25) is 11.8 Å². The summed E-state index contributed by atoms with van der Waals surface area (Å²) in [5.74, 6) is 0.0335. The van der Waals surface area contributed by atoms with E-state index in [1.54, 1.807) is 4.90 Å². The van der Waals surface area contributed by atoms with Gasteiger partial charge in [0, 0.05) is 19.7 Å². The summed E-state index contributed by atoms with van der Waals surface area (Å²) >= 11 is 0. The van der Waals surface area contributed by atoms with Crippen LogP contribution in [0, 0.1) is 0 Å². The Labute approximate surface area is 121 Å². The fourth-order valence-corrected chi connectivity index (χ4v) is 3.25. The number of rotatable bonds is 4. The lowest BCUT2D eigenvalue weighted by atomic mass is 9.90. The average molecular weight is 282 g/mol. The predicted octanol–water partition coefficient (Wildman–Crippen LogP) is 1.46. The summed E-state index contributed by atoms with van der Waals surface area (Å²) in [5.41, 5.74) is -0.696. The van der Waals surface area contributed by atoms with E-state index in [4.69, 9.17) is 4.74 Å². The van der Waals surface area contributed by atoms with Crippen LogP contribution in [-0.2, 0) is 14.3 Å². The highest BCUT2D eigenvalue weighted by Crippen LogP contribution is 2.26. The van der Waals surface area contributed by atoms with Gasteiger partial charge in [-0.1, -0.05) is 13.3 Å². The number of hydrogen-bond acceptors (Lipinski definition) is 3. The van der Waals surface area contributed by atoms with Crippen LogP contribution in [0.1, 0.15) is 52.4 Å². The lowest BCUT2D eigenvalue weighted by molar-refractivity contribution is -0.153. The Bertz CT molecular complexity index is 366. The number of amides is 2. The molecule has 0 aromatic heterocycles. The van der Waals surface area contributed by atoms with Crippen molar-refractivity contribution < 1.29 is 14.3 Å². The third kappa shape index (κ3) is 3.14. The van der Waals surface area contributed by atoms with Gasteiger partial charge in [-0.3, -0.25) is 9.59 Å². The topological polar surface area (TPSA) is 58.6 Å². The second-order valence-electron chi connectivity index (χ2n) is 6.02. The highest BCUT2D eigenvalue weighted by Gasteiger charge is 2.43. The third-order valence-electron chi connectivity index (χ3n) is 4.42. The molecular formula is C15H26N2O3. The molecule has 0 unspecified atom stereocenters. The summed E-state index contributed by atoms with van der Waals surface area (Å²) in [5, 5.41) is 2.88. The van der Waals surface area contributed by atoms with Crippen LogP contribution in [0.3, 0.4) is 0 Å². The van der Waals surface area contributed by atoms with Crippen LogP contribution in [0.4, 0.5) is 0 Å². The van der Waals surface area contributed by atoms with Gasteiger partial charge in [-0.2, -0.15) is 0 Å². The minimum atomic E-state index is -0.696. The molecule has 20 heavy (non-hydrogen) atoms. The van der Waals surface area contributed by atoms with Crippen molar-refractivity contribution in [1.82, 2.24) is 10.2 Å². The maximum atomic E-state index is 12.6. The molecule has 0 aromatic carbocycles.